The van der Waals surface area contributed by atoms with Crippen molar-refractivity contribution in [3.63, 3.8) is 0 Å². The average molecular weight is 314 g/mol. The number of methoxy groups -OCH3 is 1. The van der Waals surface area contributed by atoms with E-state index in [0.29, 0.717) is 5.92 Å². The van der Waals surface area contributed by atoms with E-state index < -0.39 is 0 Å². The molecule has 1 saturated carbocycles. The van der Waals surface area contributed by atoms with Gasteiger partial charge in [0, 0.05) is 13.7 Å². The maximum atomic E-state index is 6.42. The molecule has 1 aliphatic carbocycles. The van der Waals surface area contributed by atoms with E-state index in [1.807, 2.05) is 18.8 Å². The normalized spacial score (nSPS) is 19.6. The summed E-state index contributed by atoms with van der Waals surface area (Å²) in [6.45, 7) is 3.05. The molecule has 0 aliphatic heterocycles. The van der Waals surface area contributed by atoms with Crippen molar-refractivity contribution < 1.29 is 4.74 Å². The van der Waals surface area contributed by atoms with Crippen LogP contribution in [-0.2, 0) is 11.3 Å². The second kappa shape index (κ2) is 8.16. The molecule has 2 rings (SSSR count). The van der Waals surface area contributed by atoms with Crippen molar-refractivity contribution >= 4 is 11.6 Å². The first kappa shape index (κ1) is 16.8. The molecule has 5 heteroatoms. The summed E-state index contributed by atoms with van der Waals surface area (Å²) in [4.78, 5) is 0. The molecule has 1 heterocycles. The second-order valence-electron chi connectivity index (χ2n) is 5.97. The fourth-order valence-corrected chi connectivity index (χ4v) is 3.85. The van der Waals surface area contributed by atoms with Crippen LogP contribution in [0.4, 0.5) is 0 Å². The molecule has 2 unspecified atom stereocenters. The number of nitrogens with one attached hydrogen (secondary N) is 1. The molecule has 0 radical (unpaired) electrons. The zero-order valence-corrected chi connectivity index (χ0v) is 14.2. The zero-order valence-electron chi connectivity index (χ0n) is 13.4. The number of likely N-dealkylation sites (N-methyl/N-ethyl adjacent to an activating group) is 1. The number of ether oxygens (including phenoxy) is 1. The number of nitrogens with zero attached hydrogens (tertiary/aromatic N) is 2. The lowest BCUT2D eigenvalue weighted by Crippen LogP contribution is -2.39. The lowest BCUT2D eigenvalue weighted by molar-refractivity contribution is 0.00727. The molecule has 1 aromatic rings. The predicted octanol–water partition coefficient (Wildman–Crippen LogP) is 3.80. The van der Waals surface area contributed by atoms with Crippen molar-refractivity contribution in [1.29, 1.82) is 0 Å². The summed E-state index contributed by atoms with van der Waals surface area (Å²) in [7, 11) is 3.80. The Labute approximate surface area is 133 Å². The van der Waals surface area contributed by atoms with Gasteiger partial charge in [-0.25, -0.2) is 0 Å². The molecular formula is C16H28ClN3O. The van der Waals surface area contributed by atoms with Gasteiger partial charge < -0.3 is 10.1 Å². The van der Waals surface area contributed by atoms with Crippen LogP contribution in [0.5, 0.6) is 0 Å². The third-order valence-electron chi connectivity index (χ3n) is 4.59. The fraction of sp³-hybridized carbons (Fsp3) is 0.812. The Morgan fingerprint density at radius 3 is 2.71 bits per heavy atom. The minimum absolute atomic E-state index is 0.0969. The third-order valence-corrected chi connectivity index (χ3v) is 4.88. The zero-order chi connectivity index (χ0) is 15.2. The summed E-state index contributed by atoms with van der Waals surface area (Å²) in [5, 5.41) is 8.58. The van der Waals surface area contributed by atoms with Gasteiger partial charge in [0.05, 0.1) is 29.1 Å². The first-order valence-electron chi connectivity index (χ1n) is 8.14. The Balaban J connectivity index is 2.25. The van der Waals surface area contributed by atoms with Crippen LogP contribution in [0.15, 0.2) is 6.20 Å². The van der Waals surface area contributed by atoms with Gasteiger partial charge in [-0.05, 0) is 32.2 Å². The first-order chi connectivity index (χ1) is 10.2. The van der Waals surface area contributed by atoms with Gasteiger partial charge in [-0.15, -0.1) is 0 Å². The van der Waals surface area contributed by atoms with Gasteiger partial charge in [0.25, 0.3) is 0 Å². The summed E-state index contributed by atoms with van der Waals surface area (Å²) in [5.41, 5.74) is 1.07. The van der Waals surface area contributed by atoms with E-state index in [1.54, 1.807) is 6.20 Å². The van der Waals surface area contributed by atoms with Crippen molar-refractivity contribution in [3.8, 4) is 0 Å². The van der Waals surface area contributed by atoms with Gasteiger partial charge in [0.2, 0.25) is 0 Å². The molecule has 0 aromatic carbocycles. The highest BCUT2D eigenvalue weighted by Gasteiger charge is 2.33. The maximum Gasteiger partial charge on any atom is 0.0835 e. The largest absolute Gasteiger partial charge is 0.379 e. The fourth-order valence-electron chi connectivity index (χ4n) is 3.59. The van der Waals surface area contributed by atoms with E-state index in [2.05, 4.69) is 17.3 Å². The van der Waals surface area contributed by atoms with Crippen LogP contribution in [0.3, 0.4) is 0 Å². The van der Waals surface area contributed by atoms with E-state index in [0.717, 1.165) is 23.7 Å². The number of aryl methyl sites for hydroxylation is 1. The van der Waals surface area contributed by atoms with Crippen molar-refractivity contribution in [1.82, 2.24) is 15.1 Å². The minimum atomic E-state index is 0.0969. The quantitative estimate of drug-likeness (QED) is 0.832. The van der Waals surface area contributed by atoms with Gasteiger partial charge >= 0.3 is 0 Å². The van der Waals surface area contributed by atoms with E-state index in [1.165, 1.54) is 32.1 Å². The molecule has 0 saturated heterocycles. The highest BCUT2D eigenvalue weighted by Crippen LogP contribution is 2.36. The number of aromatic nitrogens is 2. The first-order valence-corrected chi connectivity index (χ1v) is 8.52. The van der Waals surface area contributed by atoms with Crippen LogP contribution >= 0.6 is 11.6 Å². The summed E-state index contributed by atoms with van der Waals surface area (Å²) < 4.78 is 7.92. The Morgan fingerprint density at radius 2 is 2.14 bits per heavy atom. The van der Waals surface area contributed by atoms with Crippen molar-refractivity contribution in [3.05, 3.63) is 16.9 Å². The third kappa shape index (κ3) is 3.79. The van der Waals surface area contributed by atoms with E-state index in [9.17, 15) is 0 Å². The van der Waals surface area contributed by atoms with E-state index in [-0.39, 0.29) is 12.1 Å². The van der Waals surface area contributed by atoms with Gasteiger partial charge in [0.1, 0.15) is 0 Å². The summed E-state index contributed by atoms with van der Waals surface area (Å²) in [6.07, 6.45) is 9.41. The molecule has 0 bridgehead atoms. The lowest BCUT2D eigenvalue weighted by atomic mass is 9.82. The molecular weight excluding hydrogens is 286 g/mol. The van der Waals surface area contributed by atoms with Gasteiger partial charge in [-0.2, -0.15) is 5.10 Å². The van der Waals surface area contributed by atoms with E-state index in [4.69, 9.17) is 16.3 Å². The van der Waals surface area contributed by atoms with Crippen molar-refractivity contribution in [2.75, 3.05) is 14.2 Å². The molecule has 1 aliphatic rings. The Hall–Kier alpha value is -0.580. The molecule has 4 nitrogen and oxygen atoms in total. The van der Waals surface area contributed by atoms with Crippen LogP contribution in [0.25, 0.3) is 0 Å². The molecule has 0 amide bonds. The highest BCUT2D eigenvalue weighted by atomic mass is 35.5. The monoisotopic (exact) mass is 313 g/mol. The van der Waals surface area contributed by atoms with E-state index >= 15 is 0 Å². The van der Waals surface area contributed by atoms with Crippen LogP contribution < -0.4 is 5.32 Å². The van der Waals surface area contributed by atoms with Crippen LogP contribution in [0, 0.1) is 5.92 Å². The summed E-state index contributed by atoms with van der Waals surface area (Å²) >= 11 is 6.42. The number of rotatable bonds is 7. The standard InChI is InChI=1S/C16H28ClN3O/c1-4-10-20-15(13(17)11-19-20)14(18-2)16(21-3)12-8-6-5-7-9-12/h11-12,14,16,18H,4-10H2,1-3H3. The van der Waals surface area contributed by atoms with Gasteiger partial charge in [-0.3, -0.25) is 4.68 Å². The van der Waals surface area contributed by atoms with Crippen molar-refractivity contribution in [2.45, 2.75) is 64.1 Å². The molecule has 1 fully saturated rings. The Kier molecular flexibility index (Phi) is 6.52. The summed E-state index contributed by atoms with van der Waals surface area (Å²) in [5.74, 6) is 0.599. The van der Waals surface area contributed by atoms with Crippen LogP contribution in [-0.4, -0.2) is 30.0 Å². The molecule has 2 atom stereocenters. The predicted molar refractivity (Wildman–Crippen MR) is 86.7 cm³/mol. The maximum absolute atomic E-state index is 6.42. The SMILES string of the molecule is CCCn1ncc(Cl)c1C(NC)C(OC)C1CCCCC1. The topological polar surface area (TPSA) is 39.1 Å². The molecule has 120 valence electrons. The lowest BCUT2D eigenvalue weighted by Gasteiger charge is -2.35. The van der Waals surface area contributed by atoms with Crippen LogP contribution in [0.1, 0.15) is 57.2 Å². The Morgan fingerprint density at radius 1 is 1.43 bits per heavy atom. The summed E-state index contributed by atoms with van der Waals surface area (Å²) in [6, 6.07) is 0.0969. The number of halogens is 1. The smallest absolute Gasteiger partial charge is 0.0835 e. The Bertz CT molecular complexity index is 429. The minimum Gasteiger partial charge on any atom is -0.379 e. The molecule has 1 N–H and O–H groups in total. The van der Waals surface area contributed by atoms with Crippen LogP contribution in [0.2, 0.25) is 5.02 Å². The highest BCUT2D eigenvalue weighted by molar-refractivity contribution is 6.31. The number of hydrogen-bond acceptors (Lipinski definition) is 3. The number of hydrogen-bond donors (Lipinski definition) is 1. The average Bonchev–Trinajstić information content (AvgIpc) is 2.87. The molecule has 1 aromatic heterocycles. The van der Waals surface area contributed by atoms with Gasteiger partial charge in [-0.1, -0.05) is 37.8 Å². The molecule has 0 spiro atoms. The molecule has 21 heavy (non-hydrogen) atoms. The van der Waals surface area contributed by atoms with Crippen molar-refractivity contribution in [2.24, 2.45) is 5.92 Å². The van der Waals surface area contributed by atoms with Gasteiger partial charge in [0.15, 0.2) is 0 Å². The second-order valence-corrected chi connectivity index (χ2v) is 6.37.